The highest BCUT2D eigenvalue weighted by Crippen LogP contribution is 2.40. The molecule has 0 amide bonds. The van der Waals surface area contributed by atoms with Crippen LogP contribution in [-0.2, 0) is 0 Å². The largest absolute Gasteiger partial charge is 0.871 e. The molecule has 0 unspecified atom stereocenters. The van der Waals surface area contributed by atoms with Gasteiger partial charge in [-0.2, -0.15) is 0 Å². The Bertz CT molecular complexity index is 877. The van der Waals surface area contributed by atoms with Gasteiger partial charge in [0.15, 0.2) is 5.43 Å². The summed E-state index contributed by atoms with van der Waals surface area (Å²) >= 11 is 0. The van der Waals surface area contributed by atoms with Crippen molar-refractivity contribution in [3.63, 3.8) is 0 Å². The van der Waals surface area contributed by atoms with Gasteiger partial charge in [0.1, 0.15) is 22.8 Å². The lowest BCUT2D eigenvalue weighted by Crippen LogP contribution is -1.99. The van der Waals surface area contributed by atoms with Gasteiger partial charge >= 0.3 is 0 Å². The molecule has 0 fully saturated rings. The van der Waals surface area contributed by atoms with Crippen LogP contribution < -0.4 is 10.5 Å². The Labute approximate surface area is 107 Å². The van der Waals surface area contributed by atoms with E-state index in [0.717, 1.165) is 6.07 Å². The fraction of sp³-hybridized carbons (Fsp3) is 0.0714. The van der Waals surface area contributed by atoms with Gasteiger partial charge in [-0.25, -0.2) is 0 Å². The highest BCUT2D eigenvalue weighted by molar-refractivity contribution is 6.07. The van der Waals surface area contributed by atoms with E-state index in [1.165, 1.54) is 18.2 Å². The van der Waals surface area contributed by atoms with Crippen LogP contribution in [0.5, 0.6) is 17.2 Å². The van der Waals surface area contributed by atoms with Gasteiger partial charge in [-0.1, -0.05) is 5.75 Å². The summed E-state index contributed by atoms with van der Waals surface area (Å²) in [4.78, 5) is 11.3. The summed E-state index contributed by atoms with van der Waals surface area (Å²) < 4.78 is 5.37. The Balaban J connectivity index is 2.64. The minimum absolute atomic E-state index is 0.00135. The Morgan fingerprint density at radius 3 is 2.47 bits per heavy atom. The number of phenolic OH excluding ortho intramolecular Hbond substituents is 1. The first-order valence-corrected chi connectivity index (χ1v) is 5.57. The van der Waals surface area contributed by atoms with Gasteiger partial charge in [0, 0.05) is 17.5 Å². The highest BCUT2D eigenvalue weighted by Gasteiger charge is 2.11. The summed E-state index contributed by atoms with van der Waals surface area (Å²) in [5.41, 5.74) is -0.222. The molecule has 2 N–H and O–H groups in total. The molecule has 3 aromatic rings. The average Bonchev–Trinajstić information content (AvgIpc) is 2.25. The lowest BCUT2D eigenvalue weighted by atomic mass is 10.0. The van der Waals surface area contributed by atoms with E-state index in [0.29, 0.717) is 5.76 Å². The number of benzene rings is 2. The van der Waals surface area contributed by atoms with Crippen LogP contribution in [0.4, 0.5) is 0 Å². The van der Waals surface area contributed by atoms with Crippen LogP contribution in [0.3, 0.4) is 0 Å². The van der Waals surface area contributed by atoms with E-state index < -0.39 is 16.9 Å². The molecule has 2 aromatic carbocycles. The van der Waals surface area contributed by atoms with E-state index in [1.807, 2.05) is 0 Å². The minimum atomic E-state index is -0.564. The van der Waals surface area contributed by atoms with E-state index in [9.17, 15) is 20.1 Å². The number of hydrogen-bond donors (Lipinski definition) is 2. The summed E-state index contributed by atoms with van der Waals surface area (Å²) in [6.07, 6.45) is 0. The van der Waals surface area contributed by atoms with Gasteiger partial charge < -0.3 is 19.7 Å². The molecule has 0 aliphatic carbocycles. The van der Waals surface area contributed by atoms with Gasteiger partial charge in [-0.15, -0.1) is 0 Å². The zero-order valence-corrected chi connectivity index (χ0v) is 9.93. The molecule has 0 bridgehead atoms. The molecular weight excluding hydrogens is 248 g/mol. The van der Waals surface area contributed by atoms with Gasteiger partial charge in [0.2, 0.25) is 0 Å². The summed E-state index contributed by atoms with van der Waals surface area (Å²) in [7, 11) is 0. The van der Waals surface area contributed by atoms with Gasteiger partial charge in [0.05, 0.1) is 5.39 Å². The number of phenols is 1. The second kappa shape index (κ2) is 3.65. The van der Waals surface area contributed by atoms with Crippen molar-refractivity contribution in [1.29, 1.82) is 0 Å². The summed E-state index contributed by atoms with van der Waals surface area (Å²) in [6, 6.07) is 5.00. The van der Waals surface area contributed by atoms with Crippen molar-refractivity contribution < 1.29 is 19.7 Å². The monoisotopic (exact) mass is 257 g/mol. The van der Waals surface area contributed by atoms with Gasteiger partial charge in [0.25, 0.3) is 0 Å². The van der Waals surface area contributed by atoms with E-state index in [1.54, 1.807) is 6.92 Å². The zero-order chi connectivity index (χ0) is 13.7. The number of aryl methyl sites for hydroxylation is 1. The fourth-order valence-corrected chi connectivity index (χ4v) is 2.22. The lowest BCUT2D eigenvalue weighted by molar-refractivity contribution is -0.263. The number of rotatable bonds is 0. The number of hydrogen-bond acceptors (Lipinski definition) is 5. The van der Waals surface area contributed by atoms with Crippen LogP contribution in [-0.4, -0.2) is 10.2 Å². The van der Waals surface area contributed by atoms with Crippen molar-refractivity contribution in [1.82, 2.24) is 0 Å². The van der Waals surface area contributed by atoms with Gasteiger partial charge in [-0.05, 0) is 24.4 Å². The molecule has 96 valence electrons. The first-order valence-electron chi connectivity index (χ1n) is 5.57. The quantitative estimate of drug-likeness (QED) is 0.598. The topological polar surface area (TPSA) is 93.7 Å². The second-order valence-electron chi connectivity index (χ2n) is 4.36. The van der Waals surface area contributed by atoms with E-state index >= 15 is 0 Å². The third-order valence-corrected chi connectivity index (χ3v) is 2.98. The molecule has 1 heterocycles. The molecule has 0 saturated carbocycles. The molecule has 1 aromatic heterocycles. The number of aromatic hydroxyl groups is 2. The Kier molecular flexibility index (Phi) is 2.19. The van der Waals surface area contributed by atoms with Crippen LogP contribution in [0, 0.1) is 6.92 Å². The molecule has 0 aliphatic heterocycles. The van der Waals surface area contributed by atoms with Crippen molar-refractivity contribution in [3.05, 3.63) is 40.2 Å². The molecule has 5 nitrogen and oxygen atoms in total. The van der Waals surface area contributed by atoms with Crippen LogP contribution >= 0.6 is 0 Å². The summed E-state index contributed by atoms with van der Waals surface area (Å²) in [5.74, 6) is -0.733. The van der Waals surface area contributed by atoms with Crippen molar-refractivity contribution in [3.8, 4) is 17.2 Å². The third kappa shape index (κ3) is 1.59. The molecule has 0 radical (unpaired) electrons. The standard InChI is InChI=1S/C14H10O5/c1-6-2-9(16)13-11(19-6)4-7-3-8(15)5-10(17)12(7)14(13)18/h2-5,16-18H,1H3/p-1. The molecule has 0 spiro atoms. The van der Waals surface area contributed by atoms with Crippen molar-refractivity contribution in [2.24, 2.45) is 0 Å². The SMILES string of the molecule is Cc1cc(O)c2c([O-])c3c(O)cc(=O)cc3cc2o1. The zero-order valence-electron chi connectivity index (χ0n) is 9.93. The van der Waals surface area contributed by atoms with Crippen LogP contribution in [0.25, 0.3) is 21.7 Å². The predicted octanol–water partition coefficient (Wildman–Crippen LogP) is 1.74. The fourth-order valence-electron chi connectivity index (χ4n) is 2.22. The predicted molar refractivity (Wildman–Crippen MR) is 67.5 cm³/mol. The molecule has 0 atom stereocenters. The summed E-state index contributed by atoms with van der Waals surface area (Å²) in [5, 5.41) is 32.1. The number of fused-ring (bicyclic) bond motifs is 2. The maximum atomic E-state index is 12.3. The van der Waals surface area contributed by atoms with E-state index in [2.05, 4.69) is 0 Å². The maximum Gasteiger partial charge on any atom is 0.182 e. The van der Waals surface area contributed by atoms with Crippen molar-refractivity contribution in [2.75, 3.05) is 0 Å². The first-order chi connectivity index (χ1) is 8.97. The van der Waals surface area contributed by atoms with Crippen LogP contribution in [0.1, 0.15) is 5.76 Å². The van der Waals surface area contributed by atoms with Crippen LogP contribution in [0.2, 0.25) is 0 Å². The summed E-state index contributed by atoms with van der Waals surface area (Å²) in [6.45, 7) is 1.63. The minimum Gasteiger partial charge on any atom is -0.871 e. The molecule has 0 saturated heterocycles. The maximum absolute atomic E-state index is 12.3. The Morgan fingerprint density at radius 1 is 1.05 bits per heavy atom. The lowest BCUT2D eigenvalue weighted by Gasteiger charge is -2.16. The Morgan fingerprint density at radius 2 is 1.74 bits per heavy atom. The molecule has 0 aliphatic rings. The normalized spacial score (nSPS) is 11.2. The first kappa shape index (κ1) is 11.4. The molecular formula is C14H9O5-. The van der Waals surface area contributed by atoms with Gasteiger partial charge in [-0.3, -0.25) is 4.79 Å². The molecule has 3 rings (SSSR count). The van der Waals surface area contributed by atoms with Crippen LogP contribution in [0.15, 0.2) is 33.5 Å². The van der Waals surface area contributed by atoms with Crippen molar-refractivity contribution >= 4 is 21.7 Å². The van der Waals surface area contributed by atoms with E-state index in [-0.39, 0.29) is 27.5 Å². The Hall–Kier alpha value is -2.69. The second-order valence-corrected chi connectivity index (χ2v) is 4.36. The average molecular weight is 257 g/mol. The molecule has 19 heavy (non-hydrogen) atoms. The van der Waals surface area contributed by atoms with E-state index in [4.69, 9.17) is 4.42 Å². The third-order valence-electron chi connectivity index (χ3n) is 2.98. The highest BCUT2D eigenvalue weighted by atomic mass is 16.3. The molecule has 5 heteroatoms. The van der Waals surface area contributed by atoms with Crippen molar-refractivity contribution in [2.45, 2.75) is 6.92 Å². The smallest absolute Gasteiger partial charge is 0.182 e.